The van der Waals surface area contributed by atoms with Crippen LogP contribution in [0, 0.1) is 12.7 Å². The maximum Gasteiger partial charge on any atom is 0.249 e. The highest BCUT2D eigenvalue weighted by Crippen LogP contribution is 2.27. The summed E-state index contributed by atoms with van der Waals surface area (Å²) in [5.41, 5.74) is 0.143. The second-order valence-electron chi connectivity index (χ2n) is 7.77. The molecule has 1 N–H and O–H groups in total. The van der Waals surface area contributed by atoms with Crippen molar-refractivity contribution in [2.45, 2.75) is 17.6 Å². The second kappa shape index (κ2) is 9.25. The van der Waals surface area contributed by atoms with Crippen molar-refractivity contribution in [3.05, 3.63) is 96.5 Å². The number of ketones is 1. The second-order valence-corrected chi connectivity index (χ2v) is 11.7. The number of halogens is 2. The number of hydrogen-bond donors (Lipinski definition) is 1. The number of nitrogens with one attached hydrogen (secondary N) is 1. The largest absolute Gasteiger partial charge is 0.322 e. The summed E-state index contributed by atoms with van der Waals surface area (Å²) in [5, 5.41) is 0.236. The van der Waals surface area contributed by atoms with Gasteiger partial charge in [0, 0.05) is 29.0 Å². The van der Waals surface area contributed by atoms with Gasteiger partial charge in [0.05, 0.1) is 9.85 Å². The van der Waals surface area contributed by atoms with E-state index in [4.69, 9.17) is 11.6 Å². The monoisotopic (exact) mass is 517 g/mol. The van der Waals surface area contributed by atoms with Crippen molar-refractivity contribution in [1.82, 2.24) is 4.98 Å². The molecule has 0 unspecified atom stereocenters. The number of aryl methyl sites for hydroxylation is 1. The van der Waals surface area contributed by atoms with Crippen molar-refractivity contribution < 1.29 is 17.6 Å². The first kappa shape index (κ1) is 24.0. The lowest BCUT2D eigenvalue weighted by molar-refractivity contribution is -0.116. The SMILES string of the molecule is Cc1ccc2c(=O)c(-c3ccc(CC(=O)CS(=O)(=O)c4ccc(Cl)s4)cc3F)cc(=O)[nH]c2c1. The van der Waals surface area contributed by atoms with Crippen molar-refractivity contribution in [2.75, 3.05) is 5.75 Å². The van der Waals surface area contributed by atoms with Crippen molar-refractivity contribution in [1.29, 1.82) is 0 Å². The van der Waals surface area contributed by atoms with Gasteiger partial charge >= 0.3 is 0 Å². The molecule has 0 bridgehead atoms. The van der Waals surface area contributed by atoms with Gasteiger partial charge in [0.1, 0.15) is 15.8 Å². The lowest BCUT2D eigenvalue weighted by Gasteiger charge is -2.06. The number of benzene rings is 2. The molecule has 2 aromatic heterocycles. The molecule has 0 spiro atoms. The van der Waals surface area contributed by atoms with Gasteiger partial charge in [-0.3, -0.25) is 14.4 Å². The molecule has 6 nitrogen and oxygen atoms in total. The summed E-state index contributed by atoms with van der Waals surface area (Å²) in [6.45, 7) is 1.82. The Morgan fingerprint density at radius 3 is 2.47 bits per heavy atom. The van der Waals surface area contributed by atoms with E-state index in [1.165, 1.54) is 24.3 Å². The summed E-state index contributed by atoms with van der Waals surface area (Å²) >= 11 is 6.62. The number of Topliss-reactive ketones (excluding diaryl/α,β-unsaturated/α-hetero) is 1. The summed E-state index contributed by atoms with van der Waals surface area (Å²) in [4.78, 5) is 40.3. The molecule has 4 aromatic rings. The Morgan fingerprint density at radius 1 is 1.03 bits per heavy atom. The van der Waals surface area contributed by atoms with Crippen LogP contribution in [0.4, 0.5) is 4.39 Å². The normalized spacial score (nSPS) is 11.6. The van der Waals surface area contributed by atoms with Crippen molar-refractivity contribution in [2.24, 2.45) is 0 Å². The van der Waals surface area contributed by atoms with Crippen LogP contribution < -0.4 is 11.0 Å². The zero-order valence-corrected chi connectivity index (χ0v) is 20.1. The Morgan fingerprint density at radius 2 is 1.79 bits per heavy atom. The van der Waals surface area contributed by atoms with E-state index in [2.05, 4.69) is 4.98 Å². The summed E-state index contributed by atoms with van der Waals surface area (Å²) < 4.78 is 40.0. The molecule has 0 atom stereocenters. The first-order valence-corrected chi connectivity index (χ1v) is 12.8. The van der Waals surface area contributed by atoms with Crippen LogP contribution in [0.25, 0.3) is 22.0 Å². The average Bonchev–Trinajstić information content (AvgIpc) is 3.14. The number of aromatic amines is 1. The molecule has 0 saturated heterocycles. The predicted molar refractivity (Wildman–Crippen MR) is 131 cm³/mol. The maximum atomic E-state index is 15.0. The van der Waals surface area contributed by atoms with Gasteiger partial charge in [0.2, 0.25) is 5.56 Å². The molecular formula is C24H17ClFNO5S2. The van der Waals surface area contributed by atoms with E-state index in [1.807, 2.05) is 6.92 Å². The molecule has 4 rings (SSSR count). The third kappa shape index (κ3) is 5.01. The Bertz CT molecular complexity index is 1680. The van der Waals surface area contributed by atoms with Gasteiger partial charge in [0.15, 0.2) is 21.0 Å². The predicted octanol–water partition coefficient (Wildman–Crippen LogP) is 4.30. The van der Waals surface area contributed by atoms with Crippen LogP contribution in [0.3, 0.4) is 0 Å². The quantitative estimate of drug-likeness (QED) is 0.411. The molecule has 0 aliphatic rings. The van der Waals surface area contributed by atoms with Gasteiger partial charge in [0.25, 0.3) is 0 Å². The minimum atomic E-state index is -3.85. The number of carbonyl (C=O) groups is 1. The Balaban J connectivity index is 1.64. The first-order chi connectivity index (χ1) is 16.0. The highest BCUT2D eigenvalue weighted by Gasteiger charge is 2.22. The standard InChI is InChI=1S/C24H17ClFNO5S2/c1-13-2-4-17-20(8-13)27-22(29)11-18(24(17)30)16-5-3-14(10-19(16)26)9-15(28)12-34(31,32)23-7-6-21(25)33-23/h2-8,10-11H,9,12H2,1H3,(H,27,29). The molecule has 0 fully saturated rings. The number of aromatic nitrogens is 1. The average molecular weight is 518 g/mol. The van der Waals surface area contributed by atoms with Crippen LogP contribution in [0.5, 0.6) is 0 Å². The Kier molecular flexibility index (Phi) is 6.53. The lowest BCUT2D eigenvalue weighted by atomic mass is 10.0. The number of hydrogen-bond acceptors (Lipinski definition) is 6. The lowest BCUT2D eigenvalue weighted by Crippen LogP contribution is -2.17. The van der Waals surface area contributed by atoms with Gasteiger partial charge < -0.3 is 4.98 Å². The van der Waals surface area contributed by atoms with Crippen molar-refractivity contribution in [3.8, 4) is 11.1 Å². The van der Waals surface area contributed by atoms with E-state index in [9.17, 15) is 27.2 Å². The minimum Gasteiger partial charge on any atom is -0.322 e. The summed E-state index contributed by atoms with van der Waals surface area (Å²) in [6, 6.07) is 12.5. The molecular weight excluding hydrogens is 501 g/mol. The fourth-order valence-corrected chi connectivity index (χ4v) is 6.40. The molecule has 0 saturated carbocycles. The van der Waals surface area contributed by atoms with Crippen LogP contribution in [-0.2, 0) is 21.1 Å². The number of rotatable bonds is 6. The molecule has 2 aromatic carbocycles. The third-order valence-electron chi connectivity index (χ3n) is 5.13. The van der Waals surface area contributed by atoms with Gasteiger partial charge in [-0.2, -0.15) is 0 Å². The molecule has 0 aliphatic heterocycles. The van der Waals surface area contributed by atoms with Crippen LogP contribution in [0.15, 0.2) is 68.4 Å². The van der Waals surface area contributed by atoms with Gasteiger partial charge in [-0.15, -0.1) is 11.3 Å². The molecule has 174 valence electrons. The number of carbonyl (C=O) groups excluding carboxylic acids is 1. The van der Waals surface area contributed by atoms with Crippen molar-refractivity contribution >= 4 is 49.5 Å². The summed E-state index contributed by atoms with van der Waals surface area (Å²) in [5.74, 6) is -2.17. The van der Waals surface area contributed by atoms with E-state index >= 15 is 0 Å². The van der Waals surface area contributed by atoms with Crippen molar-refractivity contribution in [3.63, 3.8) is 0 Å². The third-order valence-corrected chi connectivity index (χ3v) is 8.62. The Hall–Kier alpha value is -3.14. The van der Waals surface area contributed by atoms with Crippen LogP contribution in [-0.4, -0.2) is 24.9 Å². The van der Waals surface area contributed by atoms with Gasteiger partial charge in [-0.05, 0) is 48.4 Å². The van der Waals surface area contributed by atoms with Crippen LogP contribution in [0.2, 0.25) is 4.34 Å². The Labute approximate surface area is 202 Å². The fraction of sp³-hybridized carbons (Fsp3) is 0.125. The molecule has 0 aliphatic carbocycles. The highest BCUT2D eigenvalue weighted by molar-refractivity contribution is 7.94. The van der Waals surface area contributed by atoms with E-state index in [0.717, 1.165) is 29.0 Å². The zero-order chi connectivity index (χ0) is 24.6. The van der Waals surface area contributed by atoms with E-state index in [-0.39, 0.29) is 37.0 Å². The highest BCUT2D eigenvalue weighted by atomic mass is 35.5. The first-order valence-electron chi connectivity index (χ1n) is 10.00. The molecule has 0 radical (unpaired) electrons. The molecule has 2 heterocycles. The summed E-state index contributed by atoms with van der Waals surface area (Å²) in [7, 11) is -3.85. The molecule has 0 amide bonds. The smallest absolute Gasteiger partial charge is 0.249 e. The number of sulfone groups is 1. The topological polar surface area (TPSA) is 101 Å². The van der Waals surface area contributed by atoms with Crippen LogP contribution >= 0.6 is 22.9 Å². The molecule has 10 heteroatoms. The van der Waals surface area contributed by atoms with Gasteiger partial charge in [-0.25, -0.2) is 12.8 Å². The zero-order valence-electron chi connectivity index (χ0n) is 17.7. The number of thiophene rings is 1. The van der Waals surface area contributed by atoms with E-state index < -0.39 is 38.2 Å². The summed E-state index contributed by atoms with van der Waals surface area (Å²) in [6.07, 6.45) is -0.314. The number of fused-ring (bicyclic) bond motifs is 1. The van der Waals surface area contributed by atoms with E-state index in [0.29, 0.717) is 5.52 Å². The maximum absolute atomic E-state index is 15.0. The molecule has 34 heavy (non-hydrogen) atoms. The fourth-order valence-electron chi connectivity index (χ4n) is 3.58. The van der Waals surface area contributed by atoms with E-state index in [1.54, 1.807) is 18.2 Å². The minimum absolute atomic E-state index is 0.0139. The number of H-pyrrole nitrogens is 1. The van der Waals surface area contributed by atoms with Crippen LogP contribution in [0.1, 0.15) is 11.1 Å². The van der Waals surface area contributed by atoms with Gasteiger partial charge in [-0.1, -0.05) is 29.8 Å².